The van der Waals surface area contributed by atoms with Crippen molar-refractivity contribution in [3.63, 3.8) is 0 Å². The minimum atomic E-state index is -0.112. The molecule has 2 aromatic heterocycles. The normalized spacial score (nSPS) is 18.1. The van der Waals surface area contributed by atoms with Crippen LogP contribution in [0, 0.1) is 0 Å². The predicted octanol–water partition coefficient (Wildman–Crippen LogP) is 4.33. The van der Waals surface area contributed by atoms with Crippen LogP contribution >= 0.6 is 11.3 Å². The molecule has 1 atom stereocenters. The molecule has 0 bridgehead atoms. The lowest BCUT2D eigenvalue weighted by Crippen LogP contribution is -2.48. The standard InChI is InChI=1S/C26H31N7O2S/c1-34-19-11-12-20(22(17-19)35-2)24(25-28-29-30-33(25)18-7-3-4-8-18)31-13-15-32(16-14-31)26-27-21-9-5-6-10-23(21)36-26/h5-6,9-12,17-18,24H,3-4,7-8,13-16H2,1-2H3/t24-/m1/s1. The molecule has 1 aliphatic carbocycles. The fourth-order valence-electron chi connectivity index (χ4n) is 5.50. The van der Waals surface area contributed by atoms with Crippen molar-refractivity contribution in [2.24, 2.45) is 0 Å². The Morgan fingerprint density at radius 1 is 0.972 bits per heavy atom. The van der Waals surface area contributed by atoms with Gasteiger partial charge in [-0.05, 0) is 47.5 Å². The van der Waals surface area contributed by atoms with E-state index < -0.39 is 0 Å². The molecule has 1 saturated heterocycles. The smallest absolute Gasteiger partial charge is 0.186 e. The molecule has 2 fully saturated rings. The Labute approximate surface area is 214 Å². The topological polar surface area (TPSA) is 81.4 Å². The van der Waals surface area contributed by atoms with Crippen LogP contribution in [0.4, 0.5) is 5.13 Å². The highest BCUT2D eigenvalue weighted by Crippen LogP contribution is 2.39. The van der Waals surface area contributed by atoms with Crippen LogP contribution in [0.3, 0.4) is 0 Å². The van der Waals surface area contributed by atoms with Gasteiger partial charge in [-0.25, -0.2) is 9.67 Å². The lowest BCUT2D eigenvalue weighted by Gasteiger charge is -2.39. The van der Waals surface area contributed by atoms with Gasteiger partial charge in [-0.1, -0.05) is 36.3 Å². The number of benzene rings is 2. The molecule has 9 nitrogen and oxygen atoms in total. The van der Waals surface area contributed by atoms with Crippen molar-refractivity contribution < 1.29 is 9.47 Å². The Bertz CT molecular complexity index is 1290. The fourth-order valence-corrected chi connectivity index (χ4v) is 6.52. The van der Waals surface area contributed by atoms with E-state index in [1.807, 2.05) is 18.2 Å². The van der Waals surface area contributed by atoms with Crippen LogP contribution in [0.5, 0.6) is 11.5 Å². The minimum absolute atomic E-state index is 0.112. The van der Waals surface area contributed by atoms with E-state index in [0.29, 0.717) is 6.04 Å². The summed E-state index contributed by atoms with van der Waals surface area (Å²) < 4.78 is 14.6. The Hall–Kier alpha value is -3.24. The first-order valence-electron chi connectivity index (χ1n) is 12.6. The highest BCUT2D eigenvalue weighted by Gasteiger charge is 2.35. The molecular formula is C26H31N7O2S. The van der Waals surface area contributed by atoms with E-state index in [0.717, 1.165) is 72.6 Å². The molecule has 1 saturated carbocycles. The quantitative estimate of drug-likeness (QED) is 0.367. The summed E-state index contributed by atoms with van der Waals surface area (Å²) >= 11 is 1.76. The third-order valence-corrected chi connectivity index (χ3v) is 8.50. The number of rotatable bonds is 7. The number of hydrogen-bond acceptors (Lipinski definition) is 9. The lowest BCUT2D eigenvalue weighted by molar-refractivity contribution is 0.194. The number of anilines is 1. The van der Waals surface area contributed by atoms with Crippen LogP contribution < -0.4 is 14.4 Å². The first-order chi connectivity index (χ1) is 17.7. The second-order valence-electron chi connectivity index (χ2n) is 9.42. The maximum Gasteiger partial charge on any atom is 0.186 e. The molecule has 10 heteroatoms. The Morgan fingerprint density at radius 2 is 1.78 bits per heavy atom. The highest BCUT2D eigenvalue weighted by molar-refractivity contribution is 7.22. The van der Waals surface area contributed by atoms with Gasteiger partial charge in [-0.3, -0.25) is 4.90 Å². The largest absolute Gasteiger partial charge is 0.497 e. The third kappa shape index (κ3) is 4.28. The van der Waals surface area contributed by atoms with Gasteiger partial charge in [0.05, 0.1) is 30.5 Å². The first kappa shape index (κ1) is 23.2. The molecule has 3 heterocycles. The van der Waals surface area contributed by atoms with Crippen LogP contribution in [0.15, 0.2) is 42.5 Å². The van der Waals surface area contributed by atoms with Crippen LogP contribution in [-0.4, -0.2) is 70.5 Å². The van der Waals surface area contributed by atoms with Crippen molar-refractivity contribution in [1.29, 1.82) is 0 Å². The summed E-state index contributed by atoms with van der Waals surface area (Å²) in [6.45, 7) is 3.51. The molecular weight excluding hydrogens is 474 g/mol. The second kappa shape index (κ2) is 10.0. The molecule has 0 N–H and O–H groups in total. The van der Waals surface area contributed by atoms with Crippen molar-refractivity contribution in [1.82, 2.24) is 30.1 Å². The molecule has 4 aromatic rings. The number of ether oxygens (including phenoxy) is 2. The maximum atomic E-state index is 5.84. The van der Waals surface area contributed by atoms with Crippen molar-refractivity contribution in [3.05, 3.63) is 53.9 Å². The van der Waals surface area contributed by atoms with E-state index in [4.69, 9.17) is 14.5 Å². The van der Waals surface area contributed by atoms with E-state index in [1.54, 1.807) is 25.6 Å². The van der Waals surface area contributed by atoms with Crippen molar-refractivity contribution >= 4 is 26.7 Å². The van der Waals surface area contributed by atoms with Gasteiger partial charge in [0, 0.05) is 37.8 Å². The van der Waals surface area contributed by atoms with Crippen molar-refractivity contribution in [3.8, 4) is 11.5 Å². The van der Waals surface area contributed by atoms with Gasteiger partial charge < -0.3 is 14.4 Å². The predicted molar refractivity (Wildman–Crippen MR) is 140 cm³/mol. The van der Waals surface area contributed by atoms with Crippen LogP contribution in [-0.2, 0) is 0 Å². The third-order valence-electron chi connectivity index (χ3n) is 7.40. The second-order valence-corrected chi connectivity index (χ2v) is 10.4. The SMILES string of the molecule is COc1ccc([C@H](c2nnnn2C2CCCC2)N2CCN(c3nc4ccccc4s3)CC2)c(OC)c1. The maximum absolute atomic E-state index is 5.84. The monoisotopic (exact) mass is 505 g/mol. The molecule has 0 spiro atoms. The van der Waals surface area contributed by atoms with Gasteiger partial charge in [0.2, 0.25) is 0 Å². The molecule has 6 rings (SSSR count). The number of fused-ring (bicyclic) bond motifs is 1. The molecule has 0 unspecified atom stereocenters. The number of methoxy groups -OCH3 is 2. The van der Waals surface area contributed by atoms with Gasteiger partial charge in [-0.2, -0.15) is 0 Å². The number of tetrazole rings is 1. The molecule has 0 radical (unpaired) electrons. The summed E-state index contributed by atoms with van der Waals surface area (Å²) in [7, 11) is 3.38. The average Bonchev–Trinajstić information content (AvgIpc) is 3.70. The number of thiazole rings is 1. The van der Waals surface area contributed by atoms with Crippen molar-refractivity contribution in [2.45, 2.75) is 37.8 Å². The fraction of sp³-hybridized carbons (Fsp3) is 0.462. The molecule has 2 aromatic carbocycles. The average molecular weight is 506 g/mol. The number of nitrogens with zero attached hydrogens (tertiary/aromatic N) is 7. The minimum Gasteiger partial charge on any atom is -0.497 e. The van der Waals surface area contributed by atoms with Gasteiger partial charge >= 0.3 is 0 Å². The Morgan fingerprint density at radius 3 is 2.53 bits per heavy atom. The molecule has 2 aliphatic rings. The van der Waals surface area contributed by atoms with Crippen molar-refractivity contribution in [2.75, 3.05) is 45.3 Å². The highest BCUT2D eigenvalue weighted by atomic mass is 32.1. The zero-order chi connectivity index (χ0) is 24.5. The van der Waals surface area contributed by atoms with E-state index in [9.17, 15) is 0 Å². The number of aromatic nitrogens is 5. The summed E-state index contributed by atoms with van der Waals surface area (Å²) in [5, 5.41) is 14.3. The van der Waals surface area contributed by atoms with E-state index >= 15 is 0 Å². The van der Waals surface area contributed by atoms with Gasteiger partial charge in [0.1, 0.15) is 17.5 Å². The van der Waals surface area contributed by atoms with Crippen LogP contribution in [0.1, 0.15) is 49.2 Å². The van der Waals surface area contributed by atoms with E-state index in [1.165, 1.54) is 17.5 Å². The van der Waals surface area contributed by atoms with Gasteiger partial charge in [0.25, 0.3) is 0 Å². The Kier molecular flexibility index (Phi) is 6.45. The molecule has 188 valence electrons. The van der Waals surface area contributed by atoms with Gasteiger partial charge in [-0.15, -0.1) is 5.10 Å². The Balaban J connectivity index is 1.32. The van der Waals surface area contributed by atoms with Crippen LogP contribution in [0.25, 0.3) is 10.2 Å². The summed E-state index contributed by atoms with van der Waals surface area (Å²) in [4.78, 5) is 9.75. The zero-order valence-corrected chi connectivity index (χ0v) is 21.5. The zero-order valence-electron chi connectivity index (χ0n) is 20.7. The molecule has 1 aliphatic heterocycles. The number of para-hydroxylation sites is 1. The summed E-state index contributed by atoms with van der Waals surface area (Å²) in [5.41, 5.74) is 2.12. The summed E-state index contributed by atoms with van der Waals surface area (Å²) in [6, 6.07) is 14.6. The lowest BCUT2D eigenvalue weighted by atomic mass is 10.0. The first-order valence-corrected chi connectivity index (χ1v) is 13.4. The van der Waals surface area contributed by atoms with E-state index in [-0.39, 0.29) is 6.04 Å². The summed E-state index contributed by atoms with van der Waals surface area (Å²) in [6.07, 6.45) is 4.69. The number of piperazine rings is 1. The molecule has 36 heavy (non-hydrogen) atoms. The summed E-state index contributed by atoms with van der Waals surface area (Å²) in [5.74, 6) is 2.44. The van der Waals surface area contributed by atoms with Gasteiger partial charge in [0.15, 0.2) is 11.0 Å². The molecule has 0 amide bonds. The van der Waals surface area contributed by atoms with Crippen LogP contribution in [0.2, 0.25) is 0 Å². The van der Waals surface area contributed by atoms with E-state index in [2.05, 4.69) is 54.3 Å². The number of hydrogen-bond donors (Lipinski definition) is 0.